The van der Waals surface area contributed by atoms with Gasteiger partial charge in [-0.25, -0.2) is 0 Å². The quantitative estimate of drug-likeness (QED) is 0.741. The van der Waals surface area contributed by atoms with Crippen LogP contribution in [0, 0.1) is 0 Å². The summed E-state index contributed by atoms with van der Waals surface area (Å²) in [4.78, 5) is 16.5. The van der Waals surface area contributed by atoms with Gasteiger partial charge in [-0.15, -0.1) is 0 Å². The predicted octanol–water partition coefficient (Wildman–Crippen LogP) is 1.11. The van der Waals surface area contributed by atoms with E-state index in [1.807, 2.05) is 4.90 Å². The minimum atomic E-state index is 0.286. The second-order valence-electron chi connectivity index (χ2n) is 5.02. The Bertz CT molecular complexity index is 252. The standard InChI is InChI=1S/C13H24N2O2/c1-2-12-5-3-4-6-15(12)11-13(16)14-7-9-17-10-8-14/h12H,2-11H2,1H3/t12-/m0/s1. The van der Waals surface area contributed by atoms with Crippen LogP contribution in [0.1, 0.15) is 32.6 Å². The van der Waals surface area contributed by atoms with Gasteiger partial charge < -0.3 is 9.64 Å². The number of morpholine rings is 1. The first-order valence-electron chi connectivity index (χ1n) is 6.91. The van der Waals surface area contributed by atoms with Crippen molar-refractivity contribution < 1.29 is 9.53 Å². The zero-order chi connectivity index (χ0) is 12.1. The Morgan fingerprint density at radius 3 is 2.71 bits per heavy atom. The second kappa shape index (κ2) is 6.36. The van der Waals surface area contributed by atoms with E-state index in [2.05, 4.69) is 11.8 Å². The molecule has 2 saturated heterocycles. The van der Waals surface area contributed by atoms with E-state index in [1.54, 1.807) is 0 Å². The SMILES string of the molecule is CC[C@H]1CCCCN1CC(=O)N1CCOCC1. The Labute approximate surface area is 104 Å². The number of likely N-dealkylation sites (tertiary alicyclic amines) is 1. The van der Waals surface area contributed by atoms with Crippen LogP contribution < -0.4 is 0 Å². The molecule has 0 spiro atoms. The van der Waals surface area contributed by atoms with Crippen molar-refractivity contribution in [2.75, 3.05) is 39.4 Å². The highest BCUT2D eigenvalue weighted by Crippen LogP contribution is 2.19. The van der Waals surface area contributed by atoms with Crippen molar-refractivity contribution in [1.29, 1.82) is 0 Å². The summed E-state index contributed by atoms with van der Waals surface area (Å²) in [6, 6.07) is 0.619. The van der Waals surface area contributed by atoms with Gasteiger partial charge in [0.2, 0.25) is 5.91 Å². The normalized spacial score (nSPS) is 27.1. The lowest BCUT2D eigenvalue weighted by Gasteiger charge is -2.36. The van der Waals surface area contributed by atoms with Gasteiger partial charge in [0.25, 0.3) is 0 Å². The van der Waals surface area contributed by atoms with Crippen molar-refractivity contribution in [3.05, 3.63) is 0 Å². The molecule has 1 amide bonds. The van der Waals surface area contributed by atoms with E-state index >= 15 is 0 Å². The Hall–Kier alpha value is -0.610. The molecular weight excluding hydrogens is 216 g/mol. The van der Waals surface area contributed by atoms with Crippen LogP contribution >= 0.6 is 0 Å². The molecule has 0 unspecified atom stereocenters. The third kappa shape index (κ3) is 3.42. The first kappa shape index (κ1) is 12.8. The lowest BCUT2D eigenvalue weighted by molar-refractivity contribution is -0.137. The number of carbonyl (C=O) groups is 1. The van der Waals surface area contributed by atoms with Crippen molar-refractivity contribution >= 4 is 5.91 Å². The van der Waals surface area contributed by atoms with Crippen LogP contribution in [0.4, 0.5) is 0 Å². The molecule has 0 aromatic carbocycles. The van der Waals surface area contributed by atoms with Gasteiger partial charge in [0.15, 0.2) is 0 Å². The molecule has 98 valence electrons. The highest BCUT2D eigenvalue weighted by Gasteiger charge is 2.25. The van der Waals surface area contributed by atoms with Crippen LogP contribution in [0.5, 0.6) is 0 Å². The first-order chi connectivity index (χ1) is 8.31. The molecule has 2 rings (SSSR count). The molecular formula is C13H24N2O2. The summed E-state index contributed by atoms with van der Waals surface area (Å²) >= 11 is 0. The first-order valence-corrected chi connectivity index (χ1v) is 6.91. The molecule has 0 saturated carbocycles. The number of hydrogen-bond donors (Lipinski definition) is 0. The minimum Gasteiger partial charge on any atom is -0.378 e. The van der Waals surface area contributed by atoms with Crippen LogP contribution in [0.2, 0.25) is 0 Å². The highest BCUT2D eigenvalue weighted by atomic mass is 16.5. The molecule has 2 aliphatic heterocycles. The van der Waals surface area contributed by atoms with E-state index in [4.69, 9.17) is 4.74 Å². The molecule has 2 heterocycles. The van der Waals surface area contributed by atoms with E-state index in [-0.39, 0.29) is 5.91 Å². The number of rotatable bonds is 3. The summed E-state index contributed by atoms with van der Waals surface area (Å²) in [5, 5.41) is 0. The Morgan fingerprint density at radius 2 is 2.00 bits per heavy atom. The van der Waals surface area contributed by atoms with Gasteiger partial charge in [0.05, 0.1) is 19.8 Å². The third-order valence-electron chi connectivity index (χ3n) is 3.92. The van der Waals surface area contributed by atoms with Gasteiger partial charge in [0, 0.05) is 19.1 Å². The molecule has 2 fully saturated rings. The number of amides is 1. The topological polar surface area (TPSA) is 32.8 Å². The molecule has 0 bridgehead atoms. The number of piperidine rings is 1. The summed E-state index contributed by atoms with van der Waals surface area (Å²) < 4.78 is 5.27. The molecule has 2 aliphatic rings. The summed E-state index contributed by atoms with van der Waals surface area (Å²) in [5.74, 6) is 0.286. The number of carbonyl (C=O) groups excluding carboxylic acids is 1. The van der Waals surface area contributed by atoms with Crippen molar-refractivity contribution in [3.8, 4) is 0 Å². The van der Waals surface area contributed by atoms with Gasteiger partial charge in [-0.3, -0.25) is 9.69 Å². The lowest BCUT2D eigenvalue weighted by atomic mass is 10.00. The van der Waals surface area contributed by atoms with Crippen LogP contribution in [0.15, 0.2) is 0 Å². The Balaban J connectivity index is 1.83. The maximum atomic E-state index is 12.2. The number of ether oxygens (including phenoxy) is 1. The third-order valence-corrected chi connectivity index (χ3v) is 3.92. The van der Waals surface area contributed by atoms with Crippen molar-refractivity contribution in [2.45, 2.75) is 38.6 Å². The fourth-order valence-electron chi connectivity index (χ4n) is 2.82. The van der Waals surface area contributed by atoms with E-state index in [1.165, 1.54) is 19.3 Å². The van der Waals surface area contributed by atoms with Crippen LogP contribution in [0.3, 0.4) is 0 Å². The molecule has 4 heteroatoms. The second-order valence-corrected chi connectivity index (χ2v) is 5.02. The van der Waals surface area contributed by atoms with Gasteiger partial charge >= 0.3 is 0 Å². The molecule has 0 N–H and O–H groups in total. The summed E-state index contributed by atoms with van der Waals surface area (Å²) in [5.41, 5.74) is 0. The van der Waals surface area contributed by atoms with Gasteiger partial charge in [-0.1, -0.05) is 13.3 Å². The molecule has 0 aromatic rings. The average Bonchev–Trinajstić information content (AvgIpc) is 2.40. The molecule has 4 nitrogen and oxygen atoms in total. The monoisotopic (exact) mass is 240 g/mol. The van der Waals surface area contributed by atoms with Gasteiger partial charge in [-0.05, 0) is 25.8 Å². The smallest absolute Gasteiger partial charge is 0.236 e. The highest BCUT2D eigenvalue weighted by molar-refractivity contribution is 5.78. The average molecular weight is 240 g/mol. The van der Waals surface area contributed by atoms with Crippen molar-refractivity contribution in [2.24, 2.45) is 0 Å². The fourth-order valence-corrected chi connectivity index (χ4v) is 2.82. The molecule has 0 aliphatic carbocycles. The predicted molar refractivity (Wildman–Crippen MR) is 66.9 cm³/mol. The van der Waals surface area contributed by atoms with E-state index in [0.717, 1.165) is 26.1 Å². The number of nitrogens with zero attached hydrogens (tertiary/aromatic N) is 2. The summed E-state index contributed by atoms with van der Waals surface area (Å²) in [6.07, 6.45) is 4.98. The van der Waals surface area contributed by atoms with Crippen LogP contribution in [-0.4, -0.2) is 61.1 Å². The van der Waals surface area contributed by atoms with Crippen molar-refractivity contribution in [3.63, 3.8) is 0 Å². The van der Waals surface area contributed by atoms with E-state index in [0.29, 0.717) is 25.8 Å². The zero-order valence-electron chi connectivity index (χ0n) is 10.9. The minimum absolute atomic E-state index is 0.286. The van der Waals surface area contributed by atoms with Gasteiger partial charge in [-0.2, -0.15) is 0 Å². The lowest BCUT2D eigenvalue weighted by Crippen LogP contribution is -2.49. The van der Waals surface area contributed by atoms with E-state index in [9.17, 15) is 4.79 Å². The summed E-state index contributed by atoms with van der Waals surface area (Å²) in [6.45, 7) is 6.86. The van der Waals surface area contributed by atoms with Crippen LogP contribution in [0.25, 0.3) is 0 Å². The molecule has 0 aromatic heterocycles. The molecule has 1 atom stereocenters. The van der Waals surface area contributed by atoms with Crippen LogP contribution in [-0.2, 0) is 9.53 Å². The Morgan fingerprint density at radius 1 is 1.24 bits per heavy atom. The Kier molecular flexibility index (Phi) is 4.80. The zero-order valence-corrected chi connectivity index (χ0v) is 10.9. The summed E-state index contributed by atoms with van der Waals surface area (Å²) in [7, 11) is 0. The number of hydrogen-bond acceptors (Lipinski definition) is 3. The van der Waals surface area contributed by atoms with Gasteiger partial charge in [0.1, 0.15) is 0 Å². The van der Waals surface area contributed by atoms with Crippen molar-refractivity contribution in [1.82, 2.24) is 9.80 Å². The maximum absolute atomic E-state index is 12.2. The fraction of sp³-hybridized carbons (Fsp3) is 0.923. The van der Waals surface area contributed by atoms with E-state index < -0.39 is 0 Å². The molecule has 0 radical (unpaired) electrons. The largest absolute Gasteiger partial charge is 0.378 e. The maximum Gasteiger partial charge on any atom is 0.236 e. The molecule has 17 heavy (non-hydrogen) atoms.